The van der Waals surface area contributed by atoms with Gasteiger partial charge in [0.1, 0.15) is 5.69 Å². The van der Waals surface area contributed by atoms with Crippen molar-refractivity contribution in [3.63, 3.8) is 0 Å². The van der Waals surface area contributed by atoms with E-state index in [4.69, 9.17) is 16.4 Å². The second-order valence-corrected chi connectivity index (χ2v) is 6.30. The van der Waals surface area contributed by atoms with Crippen molar-refractivity contribution in [3.05, 3.63) is 41.7 Å². The van der Waals surface area contributed by atoms with E-state index in [0.717, 1.165) is 25.9 Å². The number of hydroxylamine groups is 2. The molecule has 1 aliphatic rings. The number of anilines is 1. The quantitative estimate of drug-likeness (QED) is 0.901. The van der Waals surface area contributed by atoms with Crippen LogP contribution in [0.15, 0.2) is 36.7 Å². The van der Waals surface area contributed by atoms with E-state index >= 15 is 0 Å². The van der Waals surface area contributed by atoms with Gasteiger partial charge in [0.25, 0.3) is 0 Å². The van der Waals surface area contributed by atoms with Crippen LogP contribution in [0.2, 0.25) is 5.02 Å². The fourth-order valence-electron chi connectivity index (χ4n) is 3.01. The molecule has 24 heavy (non-hydrogen) atoms. The van der Waals surface area contributed by atoms with E-state index in [1.165, 1.54) is 0 Å². The molecule has 1 aromatic carbocycles. The average Bonchev–Trinajstić information content (AvgIpc) is 3.09. The molecule has 2 aromatic rings. The van der Waals surface area contributed by atoms with Gasteiger partial charge in [-0.25, -0.2) is 4.68 Å². The van der Waals surface area contributed by atoms with Crippen molar-refractivity contribution in [2.75, 3.05) is 25.5 Å². The molecule has 0 unspecified atom stereocenters. The fraction of sp³-hybridized carbons (Fsp3) is 0.412. The predicted molar refractivity (Wildman–Crippen MR) is 93.1 cm³/mol. The van der Waals surface area contributed by atoms with Gasteiger partial charge in [-0.15, -0.1) is 0 Å². The molecule has 0 atom stereocenters. The van der Waals surface area contributed by atoms with E-state index in [0.29, 0.717) is 28.7 Å². The van der Waals surface area contributed by atoms with Gasteiger partial charge in [0.2, 0.25) is 5.91 Å². The lowest BCUT2D eigenvalue weighted by atomic mass is 9.94. The van der Waals surface area contributed by atoms with Crippen molar-refractivity contribution in [2.24, 2.45) is 5.92 Å². The van der Waals surface area contributed by atoms with Crippen molar-refractivity contribution in [3.8, 4) is 5.69 Å². The van der Waals surface area contributed by atoms with Crippen LogP contribution < -0.4 is 5.32 Å². The van der Waals surface area contributed by atoms with Crippen molar-refractivity contribution in [1.29, 1.82) is 0 Å². The van der Waals surface area contributed by atoms with Crippen LogP contribution in [0.5, 0.6) is 0 Å². The van der Waals surface area contributed by atoms with Gasteiger partial charge >= 0.3 is 0 Å². The number of rotatable bonds is 5. The zero-order valence-corrected chi connectivity index (χ0v) is 14.4. The first-order valence-corrected chi connectivity index (χ1v) is 8.42. The van der Waals surface area contributed by atoms with Gasteiger partial charge in [0.15, 0.2) is 0 Å². The summed E-state index contributed by atoms with van der Waals surface area (Å²) in [6.07, 6.45) is 5.91. The lowest BCUT2D eigenvalue weighted by Crippen LogP contribution is -2.34. The minimum atomic E-state index is 0.00143. The molecule has 0 aliphatic carbocycles. The van der Waals surface area contributed by atoms with Crippen LogP contribution in [0.3, 0.4) is 0 Å². The van der Waals surface area contributed by atoms with Crippen LogP contribution >= 0.6 is 11.6 Å². The highest BCUT2D eigenvalue weighted by Gasteiger charge is 2.22. The highest BCUT2D eigenvalue weighted by atomic mass is 35.5. The van der Waals surface area contributed by atoms with Crippen molar-refractivity contribution < 1.29 is 9.63 Å². The molecule has 1 amide bonds. The maximum atomic E-state index is 12.4. The van der Waals surface area contributed by atoms with Gasteiger partial charge < -0.3 is 10.2 Å². The molecular weight excluding hydrogens is 328 g/mol. The third kappa shape index (κ3) is 3.95. The molecule has 1 saturated heterocycles. The maximum absolute atomic E-state index is 12.4. The number of nitrogens with one attached hydrogen (secondary N) is 1. The SMILES string of the molecule is CON1CCC(CC(=O)Nc2cccc(Cl)c2-n2cccn2)CC1. The Morgan fingerprint density at radius 3 is 2.83 bits per heavy atom. The zero-order valence-electron chi connectivity index (χ0n) is 13.6. The Hall–Kier alpha value is -1.89. The van der Waals surface area contributed by atoms with Crippen LogP contribution in [-0.4, -0.2) is 41.0 Å². The number of halogens is 1. The molecular formula is C17H21ClN4O2. The number of carbonyl (C=O) groups excluding carboxylic acids is 1. The summed E-state index contributed by atoms with van der Waals surface area (Å²) in [5, 5.41) is 9.67. The summed E-state index contributed by atoms with van der Waals surface area (Å²) in [6, 6.07) is 7.27. The van der Waals surface area contributed by atoms with E-state index in [1.54, 1.807) is 30.3 Å². The molecule has 0 spiro atoms. The predicted octanol–water partition coefficient (Wildman–Crippen LogP) is 3.13. The zero-order chi connectivity index (χ0) is 16.9. The number of hydrogen-bond donors (Lipinski definition) is 1. The van der Waals surface area contributed by atoms with Crippen LogP contribution in [0.25, 0.3) is 5.69 Å². The van der Waals surface area contributed by atoms with Crippen molar-refractivity contribution in [2.45, 2.75) is 19.3 Å². The van der Waals surface area contributed by atoms with Crippen LogP contribution in [0.1, 0.15) is 19.3 Å². The highest BCUT2D eigenvalue weighted by molar-refractivity contribution is 6.33. The van der Waals surface area contributed by atoms with Gasteiger partial charge in [-0.2, -0.15) is 10.2 Å². The van der Waals surface area contributed by atoms with E-state index in [1.807, 2.05) is 23.3 Å². The van der Waals surface area contributed by atoms with E-state index in [9.17, 15) is 4.79 Å². The van der Waals surface area contributed by atoms with Gasteiger partial charge in [-0.05, 0) is 37.0 Å². The summed E-state index contributed by atoms with van der Waals surface area (Å²) in [5.74, 6) is 0.380. The Balaban J connectivity index is 1.66. The number of para-hydroxylation sites is 1. The lowest BCUT2D eigenvalue weighted by Gasteiger charge is -2.29. The minimum Gasteiger partial charge on any atom is -0.324 e. The molecule has 128 valence electrons. The summed E-state index contributed by atoms with van der Waals surface area (Å²) in [4.78, 5) is 17.7. The molecule has 1 N–H and O–H groups in total. The van der Waals surface area contributed by atoms with Gasteiger partial charge in [-0.3, -0.25) is 4.79 Å². The maximum Gasteiger partial charge on any atom is 0.224 e. The number of hydrogen-bond acceptors (Lipinski definition) is 4. The van der Waals surface area contributed by atoms with Gasteiger partial charge in [0, 0.05) is 31.9 Å². The topological polar surface area (TPSA) is 59.4 Å². The number of benzene rings is 1. The number of amides is 1. The molecule has 6 nitrogen and oxygen atoms in total. The lowest BCUT2D eigenvalue weighted by molar-refractivity contribution is -0.149. The first-order valence-electron chi connectivity index (χ1n) is 8.05. The molecule has 1 fully saturated rings. The van der Waals surface area contributed by atoms with Crippen molar-refractivity contribution >= 4 is 23.2 Å². The largest absolute Gasteiger partial charge is 0.324 e. The molecule has 1 aliphatic heterocycles. The number of carbonyl (C=O) groups is 1. The minimum absolute atomic E-state index is 0.00143. The monoisotopic (exact) mass is 348 g/mol. The van der Waals surface area contributed by atoms with E-state index < -0.39 is 0 Å². The Bertz CT molecular complexity index is 682. The summed E-state index contributed by atoms with van der Waals surface area (Å²) < 4.78 is 1.66. The first kappa shape index (κ1) is 17.0. The Labute approximate surface area is 146 Å². The average molecular weight is 349 g/mol. The molecule has 0 radical (unpaired) electrons. The fourth-order valence-corrected chi connectivity index (χ4v) is 3.27. The molecule has 2 heterocycles. The number of piperidine rings is 1. The second kappa shape index (κ2) is 7.79. The van der Waals surface area contributed by atoms with Crippen LogP contribution in [-0.2, 0) is 9.63 Å². The summed E-state index contributed by atoms with van der Waals surface area (Å²) >= 11 is 6.30. The van der Waals surface area contributed by atoms with E-state index in [-0.39, 0.29) is 5.91 Å². The standard InChI is InChI=1S/C17H21ClN4O2/c1-24-21-10-6-13(7-11-21)12-16(23)20-15-5-2-4-14(18)17(15)22-9-3-8-19-22/h2-5,8-9,13H,6-7,10-12H2,1H3,(H,20,23). The van der Waals surface area contributed by atoms with Gasteiger partial charge in [0.05, 0.1) is 17.8 Å². The Kier molecular flexibility index (Phi) is 5.50. The summed E-state index contributed by atoms with van der Waals surface area (Å²) in [7, 11) is 1.68. The van der Waals surface area contributed by atoms with Crippen molar-refractivity contribution in [1.82, 2.24) is 14.8 Å². The molecule has 0 bridgehead atoms. The van der Waals surface area contributed by atoms with Crippen LogP contribution in [0, 0.1) is 5.92 Å². The molecule has 3 rings (SSSR count). The normalized spacial score (nSPS) is 16.2. The Morgan fingerprint density at radius 2 is 2.17 bits per heavy atom. The highest BCUT2D eigenvalue weighted by Crippen LogP contribution is 2.29. The molecule has 7 heteroatoms. The molecule has 1 aromatic heterocycles. The summed E-state index contributed by atoms with van der Waals surface area (Å²) in [5.41, 5.74) is 1.36. The number of aromatic nitrogens is 2. The first-order chi connectivity index (χ1) is 11.7. The third-order valence-electron chi connectivity index (χ3n) is 4.30. The third-order valence-corrected chi connectivity index (χ3v) is 4.61. The summed E-state index contributed by atoms with van der Waals surface area (Å²) in [6.45, 7) is 1.73. The van der Waals surface area contributed by atoms with E-state index in [2.05, 4.69) is 10.4 Å². The number of nitrogens with zero attached hydrogens (tertiary/aromatic N) is 3. The molecule has 0 saturated carbocycles. The van der Waals surface area contributed by atoms with Gasteiger partial charge in [-0.1, -0.05) is 17.7 Å². The Morgan fingerprint density at radius 1 is 1.38 bits per heavy atom. The van der Waals surface area contributed by atoms with Crippen LogP contribution in [0.4, 0.5) is 5.69 Å². The smallest absolute Gasteiger partial charge is 0.224 e. The second-order valence-electron chi connectivity index (χ2n) is 5.89.